The van der Waals surface area contributed by atoms with Gasteiger partial charge in [-0.15, -0.1) is 11.3 Å². The van der Waals surface area contributed by atoms with E-state index in [0.29, 0.717) is 5.69 Å². The first kappa shape index (κ1) is 8.25. The van der Waals surface area contributed by atoms with E-state index in [2.05, 4.69) is 10.1 Å². The molecule has 2 aromatic rings. The van der Waals surface area contributed by atoms with Crippen LogP contribution in [0.15, 0.2) is 24.0 Å². The van der Waals surface area contributed by atoms with Gasteiger partial charge in [-0.3, -0.25) is 4.68 Å². The Bertz CT molecular complexity index is 379. The summed E-state index contributed by atoms with van der Waals surface area (Å²) in [6.07, 6.45) is 5.25. The highest BCUT2D eigenvalue weighted by Crippen LogP contribution is 2.19. The molecule has 0 radical (unpaired) electrons. The Morgan fingerprint density at radius 2 is 2.46 bits per heavy atom. The first-order chi connectivity index (χ1) is 6.27. The van der Waals surface area contributed by atoms with Crippen LogP contribution in [-0.2, 0) is 0 Å². The van der Waals surface area contributed by atoms with E-state index in [1.165, 1.54) is 0 Å². The van der Waals surface area contributed by atoms with Crippen molar-refractivity contribution in [2.24, 2.45) is 0 Å². The minimum absolute atomic E-state index is 0.164. The van der Waals surface area contributed by atoms with Crippen LogP contribution in [0.4, 0.5) is 5.69 Å². The second-order valence-corrected chi connectivity index (χ2v) is 3.73. The van der Waals surface area contributed by atoms with Crippen molar-refractivity contribution in [2.75, 3.05) is 5.73 Å². The minimum Gasteiger partial charge on any atom is -0.396 e. The largest absolute Gasteiger partial charge is 0.396 e. The van der Waals surface area contributed by atoms with Gasteiger partial charge in [-0.25, -0.2) is 4.98 Å². The van der Waals surface area contributed by atoms with Gasteiger partial charge >= 0.3 is 0 Å². The summed E-state index contributed by atoms with van der Waals surface area (Å²) in [6, 6.07) is 0.164. The highest BCUT2D eigenvalue weighted by atomic mass is 32.1. The molecule has 0 aliphatic heterocycles. The summed E-state index contributed by atoms with van der Waals surface area (Å²) >= 11 is 1.62. The smallest absolute Gasteiger partial charge is 0.117 e. The van der Waals surface area contributed by atoms with Crippen LogP contribution < -0.4 is 5.73 Å². The minimum atomic E-state index is 0.164. The molecule has 0 saturated heterocycles. The number of hydrogen-bond acceptors (Lipinski definition) is 4. The van der Waals surface area contributed by atoms with Gasteiger partial charge in [0.25, 0.3) is 0 Å². The second-order valence-electron chi connectivity index (χ2n) is 2.80. The van der Waals surface area contributed by atoms with Crippen LogP contribution in [0.25, 0.3) is 0 Å². The maximum atomic E-state index is 5.57. The molecular formula is C8H10N4S. The summed E-state index contributed by atoms with van der Waals surface area (Å²) in [6.45, 7) is 2.05. The Balaban J connectivity index is 2.28. The van der Waals surface area contributed by atoms with Gasteiger partial charge in [-0.1, -0.05) is 0 Å². The van der Waals surface area contributed by atoms with E-state index < -0.39 is 0 Å². The fourth-order valence-electron chi connectivity index (χ4n) is 1.12. The summed E-state index contributed by atoms with van der Waals surface area (Å²) in [5.41, 5.74) is 6.25. The Morgan fingerprint density at radius 3 is 3.00 bits per heavy atom. The van der Waals surface area contributed by atoms with Crippen LogP contribution in [0.5, 0.6) is 0 Å². The molecule has 4 nitrogen and oxygen atoms in total. The van der Waals surface area contributed by atoms with Gasteiger partial charge in [0.15, 0.2) is 0 Å². The topological polar surface area (TPSA) is 56.7 Å². The number of nitrogen functional groups attached to an aromatic ring is 1. The van der Waals surface area contributed by atoms with E-state index >= 15 is 0 Å². The highest BCUT2D eigenvalue weighted by molar-refractivity contribution is 7.09. The molecule has 0 aromatic carbocycles. The first-order valence-corrected chi connectivity index (χ1v) is 4.84. The molecule has 2 aromatic heterocycles. The average molecular weight is 194 g/mol. The molecular weight excluding hydrogens is 184 g/mol. The van der Waals surface area contributed by atoms with Crippen molar-refractivity contribution in [3.8, 4) is 0 Å². The zero-order valence-corrected chi connectivity index (χ0v) is 8.03. The van der Waals surface area contributed by atoms with Crippen molar-refractivity contribution in [1.82, 2.24) is 14.8 Å². The van der Waals surface area contributed by atoms with Crippen molar-refractivity contribution < 1.29 is 0 Å². The number of nitrogens with two attached hydrogens (primary N) is 1. The lowest BCUT2D eigenvalue weighted by Crippen LogP contribution is -2.06. The summed E-state index contributed by atoms with van der Waals surface area (Å²) in [5.74, 6) is 0. The highest BCUT2D eigenvalue weighted by Gasteiger charge is 2.10. The van der Waals surface area contributed by atoms with Crippen molar-refractivity contribution in [2.45, 2.75) is 13.0 Å². The maximum Gasteiger partial charge on any atom is 0.117 e. The van der Waals surface area contributed by atoms with Crippen molar-refractivity contribution in [3.05, 3.63) is 29.0 Å². The molecule has 0 saturated carbocycles. The maximum absolute atomic E-state index is 5.57. The van der Waals surface area contributed by atoms with Crippen molar-refractivity contribution >= 4 is 17.0 Å². The lowest BCUT2D eigenvalue weighted by atomic mass is 10.4. The lowest BCUT2D eigenvalue weighted by molar-refractivity contribution is 0.562. The molecule has 0 amide bonds. The van der Waals surface area contributed by atoms with Gasteiger partial charge in [0.1, 0.15) is 11.0 Å². The molecule has 5 heteroatoms. The summed E-state index contributed by atoms with van der Waals surface area (Å²) in [7, 11) is 0. The predicted molar refractivity (Wildman–Crippen MR) is 52.6 cm³/mol. The van der Waals surface area contributed by atoms with E-state index in [0.717, 1.165) is 5.01 Å². The summed E-state index contributed by atoms with van der Waals surface area (Å²) < 4.78 is 1.81. The van der Waals surface area contributed by atoms with Crippen LogP contribution in [0, 0.1) is 0 Å². The second kappa shape index (κ2) is 3.18. The van der Waals surface area contributed by atoms with Gasteiger partial charge in [0, 0.05) is 17.8 Å². The molecule has 68 valence electrons. The Morgan fingerprint density at radius 1 is 1.62 bits per heavy atom. The van der Waals surface area contributed by atoms with Crippen LogP contribution in [0.3, 0.4) is 0 Å². The third-order valence-corrected chi connectivity index (χ3v) is 2.77. The third kappa shape index (κ3) is 1.55. The van der Waals surface area contributed by atoms with Crippen LogP contribution in [0.1, 0.15) is 18.0 Å². The first-order valence-electron chi connectivity index (χ1n) is 3.96. The third-order valence-electron chi connectivity index (χ3n) is 1.83. The van der Waals surface area contributed by atoms with E-state index in [1.807, 2.05) is 23.2 Å². The SMILES string of the molecule is C[C@@H](c1nccs1)n1cc(N)cn1. The molecule has 0 spiro atoms. The molecule has 13 heavy (non-hydrogen) atoms. The number of rotatable bonds is 2. The molecule has 0 bridgehead atoms. The van der Waals surface area contributed by atoms with Gasteiger partial charge in [0.2, 0.25) is 0 Å². The summed E-state index contributed by atoms with van der Waals surface area (Å²) in [4.78, 5) is 4.22. The van der Waals surface area contributed by atoms with Gasteiger partial charge in [-0.2, -0.15) is 5.10 Å². The Labute approximate surface area is 80.0 Å². The molecule has 0 aliphatic rings. The number of anilines is 1. The molecule has 0 aliphatic carbocycles. The predicted octanol–water partition coefficient (Wildman–Crippen LogP) is 1.53. The molecule has 2 rings (SSSR count). The number of aromatic nitrogens is 3. The van der Waals surface area contributed by atoms with Crippen molar-refractivity contribution in [1.29, 1.82) is 0 Å². The Kier molecular flexibility index (Phi) is 2.02. The average Bonchev–Trinajstić information content (AvgIpc) is 2.72. The summed E-state index contributed by atoms with van der Waals surface area (Å²) in [5, 5.41) is 7.13. The molecule has 2 heterocycles. The van der Waals surface area contributed by atoms with Crippen LogP contribution >= 0.6 is 11.3 Å². The number of thiazole rings is 1. The van der Waals surface area contributed by atoms with Gasteiger partial charge < -0.3 is 5.73 Å². The van der Waals surface area contributed by atoms with Crippen LogP contribution in [0.2, 0.25) is 0 Å². The monoisotopic (exact) mass is 194 g/mol. The van der Waals surface area contributed by atoms with E-state index in [1.54, 1.807) is 23.7 Å². The molecule has 1 atom stereocenters. The van der Waals surface area contributed by atoms with E-state index in [-0.39, 0.29) is 6.04 Å². The van der Waals surface area contributed by atoms with E-state index in [4.69, 9.17) is 5.73 Å². The standard InChI is InChI=1S/C8H10N4S/c1-6(8-10-2-3-13-8)12-5-7(9)4-11-12/h2-6H,9H2,1H3/t6-/m0/s1. The zero-order valence-electron chi connectivity index (χ0n) is 7.21. The lowest BCUT2D eigenvalue weighted by Gasteiger charge is -2.07. The molecule has 0 unspecified atom stereocenters. The van der Waals surface area contributed by atoms with E-state index in [9.17, 15) is 0 Å². The zero-order chi connectivity index (χ0) is 9.26. The quantitative estimate of drug-likeness (QED) is 0.788. The van der Waals surface area contributed by atoms with Crippen molar-refractivity contribution in [3.63, 3.8) is 0 Å². The number of hydrogen-bond donors (Lipinski definition) is 1. The van der Waals surface area contributed by atoms with Gasteiger partial charge in [-0.05, 0) is 6.92 Å². The van der Waals surface area contributed by atoms with Gasteiger partial charge in [0.05, 0.1) is 11.9 Å². The normalized spacial score (nSPS) is 13.0. The molecule has 2 N–H and O–H groups in total. The fraction of sp³-hybridized carbons (Fsp3) is 0.250. The molecule has 0 fully saturated rings. The Hall–Kier alpha value is -1.36. The number of nitrogens with zero attached hydrogens (tertiary/aromatic N) is 3. The fourth-order valence-corrected chi connectivity index (χ4v) is 1.81. The van der Waals surface area contributed by atoms with Crippen LogP contribution in [-0.4, -0.2) is 14.8 Å².